The molecule has 0 N–H and O–H groups in total. The van der Waals surface area contributed by atoms with Crippen LogP contribution in [0, 0.1) is 18.3 Å². The highest BCUT2D eigenvalue weighted by Gasteiger charge is 2.24. The maximum Gasteiger partial charge on any atom is 0.140 e. The summed E-state index contributed by atoms with van der Waals surface area (Å²) in [5, 5.41) is 13.8. The molecule has 5 nitrogen and oxygen atoms in total. The Morgan fingerprint density at radius 2 is 2.26 bits per heavy atom. The van der Waals surface area contributed by atoms with E-state index in [4.69, 9.17) is 0 Å². The number of hydrogen-bond donors (Lipinski definition) is 0. The van der Waals surface area contributed by atoms with Gasteiger partial charge in [0.25, 0.3) is 0 Å². The fraction of sp³-hybridized carbons (Fsp3) is 0.286. The summed E-state index contributed by atoms with van der Waals surface area (Å²) >= 11 is 0. The minimum absolute atomic E-state index is 0.165. The van der Waals surface area contributed by atoms with Crippen LogP contribution in [0.4, 0.5) is 0 Å². The average molecular weight is 252 g/mol. The lowest BCUT2D eigenvalue weighted by atomic mass is 10.0. The highest BCUT2D eigenvalue weighted by molar-refractivity contribution is 5.83. The van der Waals surface area contributed by atoms with Gasteiger partial charge in [-0.15, -0.1) is 0 Å². The van der Waals surface area contributed by atoms with Gasteiger partial charge >= 0.3 is 0 Å². The third kappa shape index (κ3) is 1.91. The third-order valence-electron chi connectivity index (χ3n) is 3.28. The zero-order valence-electron chi connectivity index (χ0n) is 10.6. The molecule has 1 aliphatic rings. The van der Waals surface area contributed by atoms with Crippen LogP contribution < -0.4 is 0 Å². The van der Waals surface area contributed by atoms with Crippen LogP contribution in [0.5, 0.6) is 0 Å². The monoisotopic (exact) mass is 252 g/mol. The second-order valence-corrected chi connectivity index (χ2v) is 4.72. The number of aryl methyl sites for hydroxylation is 2. The van der Waals surface area contributed by atoms with E-state index >= 15 is 0 Å². The highest BCUT2D eigenvalue weighted by atomic mass is 16.1. The molecular weight excluding hydrogens is 240 g/mol. The molecule has 94 valence electrons. The molecule has 0 unspecified atom stereocenters. The van der Waals surface area contributed by atoms with E-state index in [2.05, 4.69) is 16.2 Å². The number of Topliss-reactive ketones (excluding diaryl/α,β-unsaturated/α-hetero) is 1. The third-order valence-corrected chi connectivity index (χ3v) is 3.28. The predicted octanol–water partition coefficient (Wildman–Crippen LogP) is 1.64. The largest absolute Gasteiger partial charge is 0.299 e. The van der Waals surface area contributed by atoms with Gasteiger partial charge in [0.2, 0.25) is 0 Å². The van der Waals surface area contributed by atoms with E-state index in [0.717, 1.165) is 16.8 Å². The van der Waals surface area contributed by atoms with Gasteiger partial charge in [-0.25, -0.2) is 0 Å². The second-order valence-electron chi connectivity index (χ2n) is 4.72. The Hall–Kier alpha value is -2.48. The summed E-state index contributed by atoms with van der Waals surface area (Å²) < 4.78 is 1.78. The Bertz CT molecular complexity index is 709. The molecule has 0 radical (unpaired) electrons. The summed E-state index contributed by atoms with van der Waals surface area (Å²) in [5.41, 5.74) is 3.70. The molecule has 0 atom stereocenters. The summed E-state index contributed by atoms with van der Waals surface area (Å²) in [5.74, 6) is 0.165. The minimum Gasteiger partial charge on any atom is -0.299 e. The zero-order chi connectivity index (χ0) is 13.4. The molecule has 0 fully saturated rings. The molecule has 0 saturated carbocycles. The van der Waals surface area contributed by atoms with E-state index in [9.17, 15) is 10.1 Å². The molecule has 3 heterocycles. The smallest absolute Gasteiger partial charge is 0.140 e. The number of hydrogen-bond acceptors (Lipinski definition) is 4. The first kappa shape index (κ1) is 11.6. The number of rotatable bonds is 1. The highest BCUT2D eigenvalue weighted by Crippen LogP contribution is 2.27. The topological polar surface area (TPSA) is 71.6 Å². The Morgan fingerprint density at radius 3 is 3.00 bits per heavy atom. The van der Waals surface area contributed by atoms with Gasteiger partial charge in [-0.3, -0.25) is 14.5 Å². The minimum atomic E-state index is 0.165. The van der Waals surface area contributed by atoms with Crippen molar-refractivity contribution < 1.29 is 4.79 Å². The van der Waals surface area contributed by atoms with Crippen LogP contribution in [0.3, 0.4) is 0 Å². The fourth-order valence-electron chi connectivity index (χ4n) is 2.37. The molecule has 0 bridgehead atoms. The normalized spacial score (nSPS) is 14.0. The van der Waals surface area contributed by atoms with Crippen molar-refractivity contribution in [2.75, 3.05) is 0 Å². The maximum absolute atomic E-state index is 11.5. The summed E-state index contributed by atoms with van der Waals surface area (Å²) in [6.07, 6.45) is 4.25. The van der Waals surface area contributed by atoms with E-state index in [0.29, 0.717) is 30.6 Å². The van der Waals surface area contributed by atoms with Crippen LogP contribution >= 0.6 is 0 Å². The summed E-state index contributed by atoms with van der Waals surface area (Å²) in [6.45, 7) is 2.50. The van der Waals surface area contributed by atoms with E-state index in [-0.39, 0.29) is 5.78 Å². The van der Waals surface area contributed by atoms with Crippen LogP contribution in [0.25, 0.3) is 11.3 Å². The lowest BCUT2D eigenvalue weighted by molar-refractivity contribution is -0.119. The number of carbonyl (C=O) groups excluding carboxylic acids is 1. The van der Waals surface area contributed by atoms with Gasteiger partial charge in [0.1, 0.15) is 23.1 Å². The van der Waals surface area contributed by atoms with Gasteiger partial charge in [-0.05, 0) is 18.6 Å². The van der Waals surface area contributed by atoms with Crippen LogP contribution in [-0.4, -0.2) is 20.5 Å². The van der Waals surface area contributed by atoms with E-state index in [1.807, 2.05) is 13.0 Å². The Morgan fingerprint density at radius 1 is 1.42 bits per heavy atom. The van der Waals surface area contributed by atoms with Crippen molar-refractivity contribution in [2.24, 2.45) is 0 Å². The van der Waals surface area contributed by atoms with E-state index in [1.165, 1.54) is 0 Å². The van der Waals surface area contributed by atoms with Gasteiger partial charge in [-0.1, -0.05) is 0 Å². The molecule has 0 saturated heterocycles. The van der Waals surface area contributed by atoms with Crippen LogP contribution in [0.1, 0.15) is 23.2 Å². The number of nitriles is 1. The van der Waals surface area contributed by atoms with Crippen LogP contribution in [-0.2, 0) is 17.8 Å². The lowest BCUT2D eigenvalue weighted by Crippen LogP contribution is -2.19. The van der Waals surface area contributed by atoms with Crippen molar-refractivity contribution in [3.8, 4) is 17.3 Å². The average Bonchev–Trinajstić information content (AvgIpc) is 2.76. The lowest BCUT2D eigenvalue weighted by Gasteiger charge is -2.11. The molecule has 19 heavy (non-hydrogen) atoms. The zero-order valence-corrected chi connectivity index (χ0v) is 10.6. The summed E-state index contributed by atoms with van der Waals surface area (Å²) in [7, 11) is 0. The second kappa shape index (κ2) is 4.32. The van der Waals surface area contributed by atoms with Crippen molar-refractivity contribution in [3.63, 3.8) is 0 Å². The standard InChI is InChI=1S/C14H12N4O/c1-9-4-10(8-16-7-9)14-12(6-15)13-5-11(19)2-3-18(13)17-14/h4,7-8H,2-3,5H2,1H3. The molecule has 0 aromatic carbocycles. The molecule has 5 heteroatoms. The Balaban J connectivity index is 2.18. The van der Waals surface area contributed by atoms with Crippen LogP contribution in [0.15, 0.2) is 18.5 Å². The van der Waals surface area contributed by atoms with Gasteiger partial charge in [-0.2, -0.15) is 10.4 Å². The number of pyridine rings is 1. The molecule has 3 rings (SSSR count). The van der Waals surface area contributed by atoms with Gasteiger partial charge < -0.3 is 0 Å². The molecule has 1 aliphatic heterocycles. The molecule has 2 aromatic heterocycles. The van der Waals surface area contributed by atoms with Crippen LogP contribution in [0.2, 0.25) is 0 Å². The molecule has 0 spiro atoms. The van der Waals surface area contributed by atoms with Crippen molar-refractivity contribution in [2.45, 2.75) is 26.3 Å². The quantitative estimate of drug-likeness (QED) is 0.773. The number of carbonyl (C=O) groups is 1. The number of ketones is 1. The fourth-order valence-corrected chi connectivity index (χ4v) is 2.37. The maximum atomic E-state index is 11.5. The number of fused-ring (bicyclic) bond motifs is 1. The Labute approximate surface area is 110 Å². The number of nitrogens with zero attached hydrogens (tertiary/aromatic N) is 4. The van der Waals surface area contributed by atoms with Crippen molar-refractivity contribution in [1.29, 1.82) is 5.26 Å². The van der Waals surface area contributed by atoms with Gasteiger partial charge in [0, 0.05) is 37.3 Å². The van der Waals surface area contributed by atoms with Crippen molar-refractivity contribution in [1.82, 2.24) is 14.8 Å². The Kier molecular flexibility index (Phi) is 2.64. The van der Waals surface area contributed by atoms with E-state index in [1.54, 1.807) is 17.1 Å². The summed E-state index contributed by atoms with van der Waals surface area (Å²) in [4.78, 5) is 15.7. The predicted molar refractivity (Wildman–Crippen MR) is 68.2 cm³/mol. The molecule has 2 aromatic rings. The molecule has 0 aliphatic carbocycles. The van der Waals surface area contributed by atoms with Gasteiger partial charge in [0.15, 0.2) is 0 Å². The number of aromatic nitrogens is 3. The first-order valence-electron chi connectivity index (χ1n) is 6.12. The van der Waals surface area contributed by atoms with Crippen molar-refractivity contribution >= 4 is 5.78 Å². The summed E-state index contributed by atoms with van der Waals surface area (Å²) in [6, 6.07) is 4.13. The SMILES string of the molecule is Cc1cncc(-c2nn3c(c2C#N)CC(=O)CC3)c1. The van der Waals surface area contributed by atoms with Gasteiger partial charge in [0.05, 0.1) is 5.69 Å². The molecule has 0 amide bonds. The first-order valence-corrected chi connectivity index (χ1v) is 6.12. The molecular formula is C14H12N4O. The van der Waals surface area contributed by atoms with Crippen molar-refractivity contribution in [3.05, 3.63) is 35.3 Å². The first-order chi connectivity index (χ1) is 9.19. The van der Waals surface area contributed by atoms with E-state index < -0.39 is 0 Å².